The van der Waals surface area contributed by atoms with Crippen LogP contribution in [0.15, 0.2) is 41.8 Å². The maximum Gasteiger partial charge on any atom is 0.243 e. The molecule has 0 aromatic carbocycles. The highest BCUT2D eigenvalue weighted by Crippen LogP contribution is 2.07. The number of hydrogen-bond donors (Lipinski definition) is 2. The first-order chi connectivity index (χ1) is 10.1. The van der Waals surface area contributed by atoms with E-state index in [0.717, 1.165) is 5.56 Å². The molecule has 114 valence electrons. The SMILES string of the molecule is O=S(=O)(NCCc1ccncc1)c1cnn(CCCO)c1. The van der Waals surface area contributed by atoms with Crippen LogP contribution >= 0.6 is 0 Å². The lowest BCUT2D eigenvalue weighted by Crippen LogP contribution is -2.25. The molecule has 0 bridgehead atoms. The topological polar surface area (TPSA) is 97.1 Å². The standard InChI is InChI=1S/C13H18N4O3S/c18-9-1-8-17-11-13(10-15-17)21(19,20)16-7-4-12-2-5-14-6-3-12/h2-3,5-6,10-11,16,18H,1,4,7-9H2. The Morgan fingerprint density at radius 1 is 1.29 bits per heavy atom. The molecule has 0 aliphatic heterocycles. The van der Waals surface area contributed by atoms with E-state index in [0.29, 0.717) is 25.9 Å². The highest BCUT2D eigenvalue weighted by atomic mass is 32.2. The van der Waals surface area contributed by atoms with Gasteiger partial charge in [-0.2, -0.15) is 5.10 Å². The molecule has 0 atom stereocenters. The average Bonchev–Trinajstić information content (AvgIpc) is 2.96. The molecular weight excluding hydrogens is 292 g/mol. The molecule has 2 heterocycles. The monoisotopic (exact) mass is 310 g/mol. The minimum absolute atomic E-state index is 0.0477. The van der Waals surface area contributed by atoms with Crippen molar-refractivity contribution in [2.45, 2.75) is 24.3 Å². The van der Waals surface area contributed by atoms with Gasteiger partial charge in [0.05, 0.1) is 6.20 Å². The van der Waals surface area contributed by atoms with E-state index in [-0.39, 0.29) is 11.5 Å². The summed E-state index contributed by atoms with van der Waals surface area (Å²) in [7, 11) is -3.55. The van der Waals surface area contributed by atoms with Crippen molar-refractivity contribution >= 4 is 10.0 Å². The highest BCUT2D eigenvalue weighted by Gasteiger charge is 2.15. The third-order valence-electron chi connectivity index (χ3n) is 2.92. The molecule has 0 amide bonds. The van der Waals surface area contributed by atoms with Crippen LogP contribution in [0.2, 0.25) is 0 Å². The van der Waals surface area contributed by atoms with Crippen molar-refractivity contribution < 1.29 is 13.5 Å². The molecule has 21 heavy (non-hydrogen) atoms. The van der Waals surface area contributed by atoms with Gasteiger partial charge >= 0.3 is 0 Å². The van der Waals surface area contributed by atoms with E-state index in [2.05, 4.69) is 14.8 Å². The summed E-state index contributed by atoms with van der Waals surface area (Å²) in [6.45, 7) is 0.851. The first kappa shape index (κ1) is 15.6. The van der Waals surface area contributed by atoms with Crippen molar-refractivity contribution in [3.05, 3.63) is 42.5 Å². The quantitative estimate of drug-likeness (QED) is 0.725. The minimum Gasteiger partial charge on any atom is -0.396 e. The number of nitrogens with zero attached hydrogens (tertiary/aromatic N) is 3. The largest absolute Gasteiger partial charge is 0.396 e. The Hall–Kier alpha value is -1.77. The van der Waals surface area contributed by atoms with Crippen molar-refractivity contribution in [2.24, 2.45) is 0 Å². The zero-order valence-corrected chi connectivity index (χ0v) is 12.3. The summed E-state index contributed by atoms with van der Waals surface area (Å²) in [5, 5.41) is 12.7. The highest BCUT2D eigenvalue weighted by molar-refractivity contribution is 7.89. The van der Waals surface area contributed by atoms with Crippen LogP contribution in [-0.2, 0) is 23.0 Å². The molecular formula is C13H18N4O3S. The molecule has 0 fully saturated rings. The molecule has 0 spiro atoms. The molecule has 0 radical (unpaired) electrons. The van der Waals surface area contributed by atoms with Gasteiger partial charge in [-0.1, -0.05) is 0 Å². The Morgan fingerprint density at radius 3 is 2.76 bits per heavy atom. The lowest BCUT2D eigenvalue weighted by molar-refractivity contribution is 0.277. The lowest BCUT2D eigenvalue weighted by atomic mass is 10.2. The van der Waals surface area contributed by atoms with Crippen LogP contribution in [0.4, 0.5) is 0 Å². The van der Waals surface area contributed by atoms with Gasteiger partial charge in [-0.05, 0) is 30.5 Å². The third-order valence-corrected chi connectivity index (χ3v) is 4.34. The predicted octanol–water partition coefficient (Wildman–Crippen LogP) is 0.181. The molecule has 2 aromatic heterocycles. The van der Waals surface area contributed by atoms with Gasteiger partial charge in [-0.3, -0.25) is 9.67 Å². The van der Waals surface area contributed by atoms with E-state index in [4.69, 9.17) is 5.11 Å². The van der Waals surface area contributed by atoms with Crippen LogP contribution in [0, 0.1) is 0 Å². The van der Waals surface area contributed by atoms with Gasteiger partial charge in [-0.25, -0.2) is 13.1 Å². The Kier molecular flexibility index (Phi) is 5.43. The van der Waals surface area contributed by atoms with Crippen molar-refractivity contribution in [1.82, 2.24) is 19.5 Å². The number of aliphatic hydroxyl groups is 1. The maximum absolute atomic E-state index is 12.1. The normalized spacial score (nSPS) is 11.7. The maximum atomic E-state index is 12.1. The van der Waals surface area contributed by atoms with E-state index < -0.39 is 10.0 Å². The zero-order chi connectivity index (χ0) is 15.1. The van der Waals surface area contributed by atoms with Crippen molar-refractivity contribution in [3.8, 4) is 0 Å². The summed E-state index contributed by atoms with van der Waals surface area (Å²) >= 11 is 0. The van der Waals surface area contributed by atoms with Crippen molar-refractivity contribution in [1.29, 1.82) is 0 Å². The molecule has 0 unspecified atom stereocenters. The number of sulfonamides is 1. The van der Waals surface area contributed by atoms with Gasteiger partial charge in [0.1, 0.15) is 4.90 Å². The van der Waals surface area contributed by atoms with E-state index in [1.807, 2.05) is 12.1 Å². The molecule has 0 aliphatic carbocycles. The van der Waals surface area contributed by atoms with E-state index in [9.17, 15) is 8.42 Å². The summed E-state index contributed by atoms with van der Waals surface area (Å²) < 4.78 is 28.2. The molecule has 2 N–H and O–H groups in total. The summed E-state index contributed by atoms with van der Waals surface area (Å²) in [6.07, 6.45) is 7.26. The number of aliphatic hydroxyl groups excluding tert-OH is 1. The second-order valence-corrected chi connectivity index (χ2v) is 6.29. The van der Waals surface area contributed by atoms with Crippen molar-refractivity contribution in [2.75, 3.05) is 13.2 Å². The lowest BCUT2D eigenvalue weighted by Gasteiger charge is -2.04. The van der Waals surface area contributed by atoms with Gasteiger partial charge in [0.15, 0.2) is 0 Å². The fraction of sp³-hybridized carbons (Fsp3) is 0.385. The third kappa shape index (κ3) is 4.62. The van der Waals surface area contributed by atoms with Gasteiger partial charge in [0.2, 0.25) is 10.0 Å². The molecule has 7 nitrogen and oxygen atoms in total. The molecule has 0 saturated heterocycles. The Balaban J connectivity index is 1.90. The van der Waals surface area contributed by atoms with Crippen LogP contribution in [0.25, 0.3) is 0 Å². The molecule has 2 aromatic rings. The van der Waals surface area contributed by atoms with Gasteiger partial charge < -0.3 is 5.11 Å². The second kappa shape index (κ2) is 7.30. The zero-order valence-electron chi connectivity index (χ0n) is 11.5. The van der Waals surface area contributed by atoms with Crippen LogP contribution < -0.4 is 4.72 Å². The summed E-state index contributed by atoms with van der Waals surface area (Å²) in [6, 6.07) is 3.70. The molecule has 8 heteroatoms. The van der Waals surface area contributed by atoms with Gasteiger partial charge in [-0.15, -0.1) is 0 Å². The number of aryl methyl sites for hydroxylation is 1. The van der Waals surface area contributed by atoms with Crippen molar-refractivity contribution in [3.63, 3.8) is 0 Å². The van der Waals surface area contributed by atoms with Crippen LogP contribution in [0.3, 0.4) is 0 Å². The average molecular weight is 310 g/mol. The summed E-state index contributed by atoms with van der Waals surface area (Å²) in [4.78, 5) is 4.04. The summed E-state index contributed by atoms with van der Waals surface area (Å²) in [5.74, 6) is 0. The van der Waals surface area contributed by atoms with E-state index in [1.165, 1.54) is 17.1 Å². The van der Waals surface area contributed by atoms with E-state index in [1.54, 1.807) is 12.4 Å². The van der Waals surface area contributed by atoms with Crippen LogP contribution in [0.1, 0.15) is 12.0 Å². The first-order valence-electron chi connectivity index (χ1n) is 6.64. The van der Waals surface area contributed by atoms with Gasteiger partial charge in [0, 0.05) is 38.3 Å². The second-order valence-electron chi connectivity index (χ2n) is 4.52. The number of rotatable bonds is 8. The first-order valence-corrected chi connectivity index (χ1v) is 8.12. The van der Waals surface area contributed by atoms with E-state index >= 15 is 0 Å². The Bertz CT molecular complexity index is 655. The number of aromatic nitrogens is 3. The minimum atomic E-state index is -3.55. The van der Waals surface area contributed by atoms with Crippen LogP contribution in [0.5, 0.6) is 0 Å². The molecule has 0 saturated carbocycles. The summed E-state index contributed by atoms with van der Waals surface area (Å²) in [5.41, 5.74) is 1.02. The Morgan fingerprint density at radius 2 is 2.05 bits per heavy atom. The smallest absolute Gasteiger partial charge is 0.243 e. The number of hydrogen-bond acceptors (Lipinski definition) is 5. The number of pyridine rings is 1. The number of nitrogens with one attached hydrogen (secondary N) is 1. The predicted molar refractivity (Wildman–Crippen MR) is 77.1 cm³/mol. The van der Waals surface area contributed by atoms with Crippen LogP contribution in [-0.4, -0.2) is 41.4 Å². The molecule has 0 aliphatic rings. The fourth-order valence-electron chi connectivity index (χ4n) is 1.80. The Labute approximate surface area is 123 Å². The van der Waals surface area contributed by atoms with Gasteiger partial charge in [0.25, 0.3) is 0 Å². The fourth-order valence-corrected chi connectivity index (χ4v) is 2.78. The molecule has 2 rings (SSSR count).